The summed E-state index contributed by atoms with van der Waals surface area (Å²) >= 11 is 0. The molecule has 0 unspecified atom stereocenters. The Bertz CT molecular complexity index is 1620. The van der Waals surface area contributed by atoms with E-state index in [-0.39, 0.29) is 18.0 Å². The summed E-state index contributed by atoms with van der Waals surface area (Å²) < 4.78 is 7.60. The van der Waals surface area contributed by atoms with Gasteiger partial charge in [0.2, 0.25) is 0 Å². The van der Waals surface area contributed by atoms with Gasteiger partial charge >= 0.3 is 6.09 Å². The summed E-state index contributed by atoms with van der Waals surface area (Å²) in [5.74, 6) is 0.573. The van der Waals surface area contributed by atoms with Gasteiger partial charge in [0.15, 0.2) is 0 Å². The van der Waals surface area contributed by atoms with E-state index in [2.05, 4.69) is 21.9 Å². The highest BCUT2D eigenvalue weighted by atomic mass is 16.6. The topological polar surface area (TPSA) is 128 Å². The number of fused-ring (bicyclic) bond motifs is 1. The maximum atomic E-state index is 12.9. The molecule has 0 saturated carbocycles. The minimum atomic E-state index is -0.579. The molecule has 3 aromatic heterocycles. The van der Waals surface area contributed by atoms with Crippen molar-refractivity contribution >= 4 is 40.6 Å². The number of aryl methyl sites for hydroxylation is 1. The molecular formula is C31H35N7O3. The van der Waals surface area contributed by atoms with Crippen LogP contribution in [0, 0.1) is 6.92 Å². The second-order valence-electron chi connectivity index (χ2n) is 11.2. The van der Waals surface area contributed by atoms with Crippen molar-refractivity contribution in [3.05, 3.63) is 72.1 Å². The number of hydrogen-bond acceptors (Lipinski definition) is 7. The Morgan fingerprint density at radius 1 is 1.20 bits per heavy atom. The standard InChI is InChI=1S/C31H35N7O3/c1-6-20-17-34-28(32)25-26(23-13-12-21(16-19(23)2)29(39)35-24-11-7-8-14-33-24)36-38(27(20)25)22-10-9-15-37(18-22)30(40)41-31(3,4)5/h6-8,11-14,16-17,22H,1,9-10,15,18H2,2-5H3,(H2,32,34)(H,33,35,39)/t22-/m1/s1. The monoisotopic (exact) mass is 553 g/mol. The number of nitrogens with two attached hydrogens (primary N) is 1. The zero-order chi connectivity index (χ0) is 29.3. The van der Waals surface area contributed by atoms with Gasteiger partial charge in [0, 0.05) is 42.2 Å². The molecule has 1 atom stereocenters. The van der Waals surface area contributed by atoms with Crippen molar-refractivity contribution in [1.82, 2.24) is 24.6 Å². The first-order valence-electron chi connectivity index (χ1n) is 13.7. The number of carbonyl (C=O) groups is 2. The summed E-state index contributed by atoms with van der Waals surface area (Å²) in [5, 5.41) is 8.62. The van der Waals surface area contributed by atoms with E-state index >= 15 is 0 Å². The van der Waals surface area contributed by atoms with Crippen molar-refractivity contribution in [3.8, 4) is 11.3 Å². The molecule has 212 valence electrons. The Labute approximate surface area is 239 Å². The minimum Gasteiger partial charge on any atom is -0.444 e. The number of hydrogen-bond donors (Lipinski definition) is 2. The van der Waals surface area contributed by atoms with E-state index in [1.54, 1.807) is 41.6 Å². The third-order valence-electron chi connectivity index (χ3n) is 7.05. The smallest absolute Gasteiger partial charge is 0.410 e. The third kappa shape index (κ3) is 5.77. The van der Waals surface area contributed by atoms with Crippen molar-refractivity contribution in [2.24, 2.45) is 0 Å². The van der Waals surface area contributed by atoms with Crippen LogP contribution in [0.4, 0.5) is 16.4 Å². The molecule has 10 nitrogen and oxygen atoms in total. The van der Waals surface area contributed by atoms with Crippen molar-refractivity contribution in [2.75, 3.05) is 24.1 Å². The van der Waals surface area contributed by atoms with Crippen LogP contribution in [0.2, 0.25) is 0 Å². The summed E-state index contributed by atoms with van der Waals surface area (Å²) in [4.78, 5) is 36.1. The van der Waals surface area contributed by atoms with Crippen LogP contribution in [0.5, 0.6) is 0 Å². The normalized spacial score (nSPS) is 15.5. The zero-order valence-electron chi connectivity index (χ0n) is 23.8. The largest absolute Gasteiger partial charge is 0.444 e. The number of likely N-dealkylation sites (tertiary alicyclic amines) is 1. The van der Waals surface area contributed by atoms with Gasteiger partial charge in [-0.1, -0.05) is 24.8 Å². The van der Waals surface area contributed by atoms with Gasteiger partial charge in [0.05, 0.1) is 16.9 Å². The molecule has 0 bridgehead atoms. The van der Waals surface area contributed by atoms with Crippen molar-refractivity contribution in [3.63, 3.8) is 0 Å². The van der Waals surface area contributed by atoms with Crippen LogP contribution in [0.15, 0.2) is 55.4 Å². The number of aromatic nitrogens is 4. The zero-order valence-corrected chi connectivity index (χ0v) is 23.8. The first-order valence-corrected chi connectivity index (χ1v) is 13.7. The molecule has 5 rings (SSSR count). The van der Waals surface area contributed by atoms with Gasteiger partial charge in [0.25, 0.3) is 5.91 Å². The van der Waals surface area contributed by atoms with Gasteiger partial charge in [-0.15, -0.1) is 0 Å². The second-order valence-corrected chi connectivity index (χ2v) is 11.2. The molecule has 1 fully saturated rings. The van der Waals surface area contributed by atoms with Gasteiger partial charge in [-0.3, -0.25) is 9.48 Å². The van der Waals surface area contributed by atoms with Crippen LogP contribution in [0.25, 0.3) is 28.2 Å². The maximum absolute atomic E-state index is 12.9. The average molecular weight is 554 g/mol. The van der Waals surface area contributed by atoms with E-state index in [1.807, 2.05) is 50.6 Å². The fraction of sp³-hybridized carbons (Fsp3) is 0.323. The van der Waals surface area contributed by atoms with Crippen LogP contribution >= 0.6 is 0 Å². The number of nitrogen functional groups attached to an aromatic ring is 1. The predicted molar refractivity (Wildman–Crippen MR) is 160 cm³/mol. The lowest BCUT2D eigenvalue weighted by atomic mass is 9.99. The van der Waals surface area contributed by atoms with Gasteiger partial charge in [-0.05, 0) is 70.4 Å². The van der Waals surface area contributed by atoms with E-state index < -0.39 is 5.60 Å². The number of ether oxygens (including phenoxy) is 1. The lowest BCUT2D eigenvalue weighted by Gasteiger charge is -2.34. The number of benzene rings is 1. The average Bonchev–Trinajstić information content (AvgIpc) is 3.34. The Kier molecular flexibility index (Phi) is 7.49. The molecule has 1 aromatic carbocycles. The first-order chi connectivity index (χ1) is 19.6. The number of nitrogens with zero attached hydrogens (tertiary/aromatic N) is 5. The Morgan fingerprint density at radius 3 is 2.68 bits per heavy atom. The molecule has 3 N–H and O–H groups in total. The second kappa shape index (κ2) is 11.0. The van der Waals surface area contributed by atoms with E-state index in [0.29, 0.717) is 41.4 Å². The van der Waals surface area contributed by atoms with E-state index in [0.717, 1.165) is 35.0 Å². The van der Waals surface area contributed by atoms with Crippen LogP contribution in [-0.2, 0) is 4.74 Å². The predicted octanol–water partition coefficient (Wildman–Crippen LogP) is 5.85. The summed E-state index contributed by atoms with van der Waals surface area (Å²) in [6.45, 7) is 12.6. The fourth-order valence-electron chi connectivity index (χ4n) is 5.16. The lowest BCUT2D eigenvalue weighted by molar-refractivity contribution is 0.0169. The third-order valence-corrected chi connectivity index (χ3v) is 7.05. The Balaban J connectivity index is 1.54. The van der Waals surface area contributed by atoms with E-state index in [4.69, 9.17) is 15.6 Å². The van der Waals surface area contributed by atoms with E-state index in [9.17, 15) is 9.59 Å². The number of carbonyl (C=O) groups excluding carboxylic acids is 2. The van der Waals surface area contributed by atoms with Gasteiger partial charge in [-0.2, -0.15) is 5.10 Å². The molecule has 1 aliphatic rings. The Morgan fingerprint density at radius 2 is 2.00 bits per heavy atom. The summed E-state index contributed by atoms with van der Waals surface area (Å²) in [5.41, 5.74) is 10.3. The first kappa shape index (κ1) is 27.8. The molecule has 0 aliphatic carbocycles. The summed E-state index contributed by atoms with van der Waals surface area (Å²) in [6, 6.07) is 10.7. The van der Waals surface area contributed by atoms with Crippen molar-refractivity contribution < 1.29 is 14.3 Å². The molecule has 0 radical (unpaired) electrons. The molecule has 4 aromatic rings. The maximum Gasteiger partial charge on any atom is 0.410 e. The molecule has 2 amide bonds. The van der Waals surface area contributed by atoms with Gasteiger partial charge < -0.3 is 20.7 Å². The highest BCUT2D eigenvalue weighted by Crippen LogP contribution is 2.38. The SMILES string of the molecule is C=Cc1cnc(N)c2c(-c3ccc(C(=O)Nc4ccccn4)cc3C)nn([C@@H]3CCCN(C(=O)OC(C)(C)C)C3)c12. The van der Waals surface area contributed by atoms with Crippen LogP contribution in [-0.4, -0.2) is 55.3 Å². The number of rotatable bonds is 5. The highest BCUT2D eigenvalue weighted by molar-refractivity contribution is 6.06. The number of pyridine rings is 2. The molecule has 41 heavy (non-hydrogen) atoms. The summed E-state index contributed by atoms with van der Waals surface area (Å²) in [6.07, 6.45) is 6.37. The number of anilines is 2. The number of nitrogens with one attached hydrogen (secondary N) is 1. The Hall–Kier alpha value is -4.73. The highest BCUT2D eigenvalue weighted by Gasteiger charge is 2.31. The van der Waals surface area contributed by atoms with Crippen LogP contribution in [0.1, 0.15) is 61.1 Å². The molecular weight excluding hydrogens is 518 g/mol. The summed E-state index contributed by atoms with van der Waals surface area (Å²) in [7, 11) is 0. The quantitative estimate of drug-likeness (QED) is 0.317. The molecule has 4 heterocycles. The number of amides is 2. The molecule has 1 aliphatic heterocycles. The van der Waals surface area contributed by atoms with Gasteiger partial charge in [0.1, 0.15) is 22.9 Å². The van der Waals surface area contributed by atoms with Crippen molar-refractivity contribution in [1.29, 1.82) is 0 Å². The molecule has 0 spiro atoms. The van der Waals surface area contributed by atoms with Gasteiger partial charge in [-0.25, -0.2) is 14.8 Å². The van der Waals surface area contributed by atoms with Crippen molar-refractivity contribution in [2.45, 2.75) is 52.2 Å². The van der Waals surface area contributed by atoms with Crippen LogP contribution in [0.3, 0.4) is 0 Å². The van der Waals surface area contributed by atoms with E-state index in [1.165, 1.54) is 0 Å². The van der Waals surface area contributed by atoms with Crippen LogP contribution < -0.4 is 11.1 Å². The number of piperidine rings is 1. The molecule has 10 heteroatoms. The lowest BCUT2D eigenvalue weighted by Crippen LogP contribution is -2.43. The fourth-order valence-corrected chi connectivity index (χ4v) is 5.16. The minimum absolute atomic E-state index is 0.100. The molecule has 1 saturated heterocycles.